The number of nitrogens with two attached hydrogens (primary N) is 1. The Balaban J connectivity index is 2.28. The van der Waals surface area contributed by atoms with Gasteiger partial charge in [-0.3, -0.25) is 0 Å². The van der Waals surface area contributed by atoms with Crippen LogP contribution in [-0.4, -0.2) is 0 Å². The van der Waals surface area contributed by atoms with Crippen LogP contribution in [0.1, 0.15) is 18.4 Å². The molecule has 68 valence electrons. The molecule has 0 atom stereocenters. The second-order valence-corrected chi connectivity index (χ2v) is 3.85. The minimum Gasteiger partial charge on any atom is -0.398 e. The topological polar surface area (TPSA) is 26.0 Å². The maximum atomic E-state index is 6.13. The first-order valence-corrected chi connectivity index (χ1v) is 4.87. The van der Waals surface area contributed by atoms with Gasteiger partial charge in [-0.1, -0.05) is 35.9 Å². The molecule has 1 aromatic rings. The Hall–Kier alpha value is -0.950. The van der Waals surface area contributed by atoms with Gasteiger partial charge in [0.25, 0.3) is 0 Å². The van der Waals surface area contributed by atoms with Gasteiger partial charge in [0, 0.05) is 16.3 Å². The summed E-state index contributed by atoms with van der Waals surface area (Å²) in [7, 11) is 0. The van der Waals surface area contributed by atoms with Gasteiger partial charge >= 0.3 is 0 Å². The number of nitrogen functional groups attached to an aromatic ring is 1. The molecule has 0 bridgehead atoms. The maximum Gasteiger partial charge on any atom is 0.0461 e. The van der Waals surface area contributed by atoms with Crippen LogP contribution in [0.2, 0.25) is 0 Å². The monoisotopic (exact) mass is 193 g/mol. The molecule has 1 fully saturated rings. The minimum atomic E-state index is 0.687. The lowest BCUT2D eigenvalue weighted by atomic mass is 10.1. The zero-order valence-electron chi connectivity index (χ0n) is 7.33. The molecule has 1 aliphatic rings. The zero-order chi connectivity index (χ0) is 9.26. The molecule has 2 heteroatoms. The van der Waals surface area contributed by atoms with Gasteiger partial charge in [0.1, 0.15) is 0 Å². The van der Waals surface area contributed by atoms with Gasteiger partial charge in [0.05, 0.1) is 0 Å². The van der Waals surface area contributed by atoms with E-state index in [0.717, 1.165) is 16.3 Å². The van der Waals surface area contributed by atoms with Crippen LogP contribution in [0.15, 0.2) is 30.3 Å². The highest BCUT2D eigenvalue weighted by molar-refractivity contribution is 6.49. The maximum absolute atomic E-state index is 6.13. The van der Waals surface area contributed by atoms with Crippen molar-refractivity contribution >= 4 is 22.3 Å². The van der Waals surface area contributed by atoms with Gasteiger partial charge in [-0.05, 0) is 24.8 Å². The minimum absolute atomic E-state index is 0.687. The summed E-state index contributed by atoms with van der Waals surface area (Å²) in [5.74, 6) is 0.687. The van der Waals surface area contributed by atoms with E-state index in [9.17, 15) is 0 Å². The Kier molecular flexibility index (Phi) is 2.28. The lowest BCUT2D eigenvalue weighted by Crippen LogP contribution is -1.90. The second-order valence-electron chi connectivity index (χ2n) is 3.44. The molecule has 0 radical (unpaired) electrons. The SMILES string of the molecule is Nc1ccccc1/C(Cl)=C/C1CC1. The Morgan fingerprint density at radius 2 is 2.08 bits per heavy atom. The van der Waals surface area contributed by atoms with E-state index in [0.29, 0.717) is 5.92 Å². The van der Waals surface area contributed by atoms with Crippen LogP contribution >= 0.6 is 11.6 Å². The molecular weight excluding hydrogens is 182 g/mol. The number of para-hydroxylation sites is 1. The van der Waals surface area contributed by atoms with Gasteiger partial charge < -0.3 is 5.73 Å². The van der Waals surface area contributed by atoms with Crippen molar-refractivity contribution in [3.8, 4) is 0 Å². The summed E-state index contributed by atoms with van der Waals surface area (Å²) in [4.78, 5) is 0. The van der Waals surface area contributed by atoms with Crippen molar-refractivity contribution in [2.45, 2.75) is 12.8 Å². The van der Waals surface area contributed by atoms with Gasteiger partial charge in [0.15, 0.2) is 0 Å². The second kappa shape index (κ2) is 3.43. The van der Waals surface area contributed by atoms with E-state index in [4.69, 9.17) is 17.3 Å². The quantitative estimate of drug-likeness (QED) is 0.717. The van der Waals surface area contributed by atoms with Crippen LogP contribution in [0, 0.1) is 5.92 Å². The van der Waals surface area contributed by atoms with Crippen LogP contribution < -0.4 is 5.73 Å². The van der Waals surface area contributed by atoms with Crippen molar-refractivity contribution in [1.82, 2.24) is 0 Å². The Morgan fingerprint density at radius 1 is 1.38 bits per heavy atom. The molecule has 0 heterocycles. The third-order valence-corrected chi connectivity index (χ3v) is 2.55. The van der Waals surface area contributed by atoms with Crippen LogP contribution in [0.4, 0.5) is 5.69 Å². The summed E-state index contributed by atoms with van der Waals surface area (Å²) in [5.41, 5.74) is 7.50. The normalized spacial score (nSPS) is 17.5. The molecule has 0 spiro atoms. The molecule has 1 aromatic carbocycles. The van der Waals surface area contributed by atoms with Gasteiger partial charge in [0.2, 0.25) is 0 Å². The van der Waals surface area contributed by atoms with Crippen LogP contribution in [-0.2, 0) is 0 Å². The Labute approximate surface area is 83.2 Å². The fourth-order valence-corrected chi connectivity index (χ4v) is 1.62. The third kappa shape index (κ3) is 2.04. The summed E-state index contributed by atoms with van der Waals surface area (Å²) in [6.45, 7) is 0. The van der Waals surface area contributed by atoms with Crippen molar-refractivity contribution in [2.75, 3.05) is 5.73 Å². The van der Waals surface area contributed by atoms with Crippen molar-refractivity contribution < 1.29 is 0 Å². The van der Waals surface area contributed by atoms with Crippen molar-refractivity contribution in [2.24, 2.45) is 5.92 Å². The van der Waals surface area contributed by atoms with E-state index in [1.807, 2.05) is 24.3 Å². The average Bonchev–Trinajstić information content (AvgIpc) is 2.89. The van der Waals surface area contributed by atoms with Crippen LogP contribution in [0.5, 0.6) is 0 Å². The highest BCUT2D eigenvalue weighted by atomic mass is 35.5. The molecule has 1 aliphatic carbocycles. The fraction of sp³-hybridized carbons (Fsp3) is 0.273. The summed E-state index contributed by atoms with van der Waals surface area (Å²) in [6, 6.07) is 7.70. The molecular formula is C11H12ClN. The molecule has 1 saturated carbocycles. The molecule has 1 nitrogen and oxygen atoms in total. The molecule has 0 aromatic heterocycles. The zero-order valence-corrected chi connectivity index (χ0v) is 8.09. The highest BCUT2D eigenvalue weighted by Gasteiger charge is 2.19. The molecule has 0 saturated heterocycles. The van der Waals surface area contributed by atoms with E-state index < -0.39 is 0 Å². The van der Waals surface area contributed by atoms with Crippen molar-refractivity contribution in [1.29, 1.82) is 0 Å². The first-order valence-electron chi connectivity index (χ1n) is 4.49. The average molecular weight is 194 g/mol. The first kappa shape index (κ1) is 8.64. The molecule has 2 N–H and O–H groups in total. The van der Waals surface area contributed by atoms with E-state index in [2.05, 4.69) is 6.08 Å². The molecule has 13 heavy (non-hydrogen) atoms. The smallest absolute Gasteiger partial charge is 0.0461 e. The van der Waals surface area contributed by atoms with Crippen LogP contribution in [0.3, 0.4) is 0 Å². The molecule has 2 rings (SSSR count). The number of halogens is 1. The largest absolute Gasteiger partial charge is 0.398 e. The first-order chi connectivity index (χ1) is 6.27. The number of rotatable bonds is 2. The van der Waals surface area contributed by atoms with E-state index >= 15 is 0 Å². The van der Waals surface area contributed by atoms with E-state index in [-0.39, 0.29) is 0 Å². The summed E-state index contributed by atoms with van der Waals surface area (Å²) < 4.78 is 0. The standard InChI is InChI=1S/C11H12ClN/c12-10(7-8-5-6-8)9-3-1-2-4-11(9)13/h1-4,7-8H,5-6,13H2/b10-7-. The van der Waals surface area contributed by atoms with Crippen molar-refractivity contribution in [3.05, 3.63) is 35.9 Å². The van der Waals surface area contributed by atoms with Gasteiger partial charge in [-0.2, -0.15) is 0 Å². The van der Waals surface area contributed by atoms with Gasteiger partial charge in [-0.15, -0.1) is 0 Å². The Bertz CT molecular complexity index is 340. The third-order valence-electron chi connectivity index (χ3n) is 2.22. The highest BCUT2D eigenvalue weighted by Crippen LogP contribution is 2.35. The van der Waals surface area contributed by atoms with E-state index in [1.54, 1.807) is 0 Å². The van der Waals surface area contributed by atoms with Crippen molar-refractivity contribution in [3.63, 3.8) is 0 Å². The molecule has 0 aliphatic heterocycles. The van der Waals surface area contributed by atoms with Crippen LogP contribution in [0.25, 0.3) is 5.03 Å². The summed E-state index contributed by atoms with van der Waals surface area (Å²) >= 11 is 6.13. The van der Waals surface area contributed by atoms with E-state index in [1.165, 1.54) is 12.8 Å². The fourth-order valence-electron chi connectivity index (χ4n) is 1.27. The lowest BCUT2D eigenvalue weighted by molar-refractivity contribution is 1.13. The summed E-state index contributed by atoms with van der Waals surface area (Å²) in [6.07, 6.45) is 4.64. The predicted octanol–water partition coefficient (Wildman–Crippen LogP) is 3.26. The van der Waals surface area contributed by atoms with Gasteiger partial charge in [-0.25, -0.2) is 0 Å². The lowest BCUT2D eigenvalue weighted by Gasteiger charge is -2.02. The number of hydrogen-bond donors (Lipinski definition) is 1. The number of anilines is 1. The predicted molar refractivity (Wildman–Crippen MR) is 57.4 cm³/mol. The number of allylic oxidation sites excluding steroid dienone is 1. The summed E-state index contributed by atoms with van der Waals surface area (Å²) in [5, 5.41) is 0.792. The molecule has 0 amide bonds. The molecule has 0 unspecified atom stereocenters. The number of hydrogen-bond acceptors (Lipinski definition) is 1. The number of benzene rings is 1. The Morgan fingerprint density at radius 3 is 2.69 bits per heavy atom.